The van der Waals surface area contributed by atoms with Crippen molar-refractivity contribution >= 4 is 50.7 Å². The Balaban J connectivity index is 1.94. The molecule has 0 fully saturated rings. The minimum Gasteiger partial charge on any atom is -0.457 e. The van der Waals surface area contributed by atoms with Crippen LogP contribution in [0.2, 0.25) is 10.0 Å². The molecule has 0 aliphatic carbocycles. The van der Waals surface area contributed by atoms with E-state index in [1.807, 2.05) is 32.0 Å². The number of para-hydroxylation sites is 1. The second-order valence-corrected chi connectivity index (χ2v) is 12.4. The van der Waals surface area contributed by atoms with Gasteiger partial charge in [-0.05, 0) is 68.3 Å². The van der Waals surface area contributed by atoms with Gasteiger partial charge in [0.1, 0.15) is 24.1 Å². The SMILES string of the molecule is CC[C@H](C)NC(=O)[C@H](CC)N(Cc1c(Cl)cccc1Cl)C(=O)CN(c1ccc(Oc2ccccc2)cc1)S(C)(=O)=O. The van der Waals surface area contributed by atoms with Crippen LogP contribution in [-0.4, -0.2) is 50.0 Å². The van der Waals surface area contributed by atoms with Gasteiger partial charge in [0.05, 0.1) is 11.9 Å². The molecule has 0 unspecified atom stereocenters. The number of halogens is 2. The van der Waals surface area contributed by atoms with E-state index in [9.17, 15) is 18.0 Å². The van der Waals surface area contributed by atoms with Gasteiger partial charge in [-0.2, -0.15) is 0 Å². The van der Waals surface area contributed by atoms with Gasteiger partial charge in [0.25, 0.3) is 0 Å². The molecule has 2 amide bonds. The minimum atomic E-state index is -3.89. The lowest BCUT2D eigenvalue weighted by atomic mass is 10.1. The van der Waals surface area contributed by atoms with Crippen molar-refractivity contribution in [1.82, 2.24) is 10.2 Å². The first-order chi connectivity index (χ1) is 19.4. The third kappa shape index (κ3) is 8.86. The van der Waals surface area contributed by atoms with E-state index in [1.54, 1.807) is 61.5 Å². The number of nitrogens with zero attached hydrogens (tertiary/aromatic N) is 2. The second kappa shape index (κ2) is 14.6. The zero-order valence-corrected chi connectivity index (χ0v) is 25.8. The molecule has 3 aromatic rings. The summed E-state index contributed by atoms with van der Waals surface area (Å²) < 4.78 is 32.6. The van der Waals surface area contributed by atoms with Crippen LogP contribution in [0.15, 0.2) is 72.8 Å². The van der Waals surface area contributed by atoms with Gasteiger partial charge in [0.2, 0.25) is 21.8 Å². The fourth-order valence-corrected chi connectivity index (χ4v) is 5.50. The normalized spacial score (nSPS) is 12.7. The third-order valence-corrected chi connectivity index (χ3v) is 8.41. The molecule has 0 aliphatic heterocycles. The molecule has 220 valence electrons. The van der Waals surface area contributed by atoms with Gasteiger partial charge in [-0.15, -0.1) is 0 Å². The van der Waals surface area contributed by atoms with Gasteiger partial charge in [-0.3, -0.25) is 13.9 Å². The first-order valence-electron chi connectivity index (χ1n) is 13.3. The number of sulfonamides is 1. The summed E-state index contributed by atoms with van der Waals surface area (Å²) in [5, 5.41) is 3.60. The van der Waals surface area contributed by atoms with E-state index in [-0.39, 0.29) is 24.2 Å². The Bertz CT molecular complexity index is 1420. The second-order valence-electron chi connectivity index (χ2n) is 9.64. The van der Waals surface area contributed by atoms with E-state index < -0.39 is 28.5 Å². The maximum absolute atomic E-state index is 13.9. The number of anilines is 1. The number of benzene rings is 3. The molecule has 8 nitrogen and oxygen atoms in total. The van der Waals surface area contributed by atoms with Gasteiger partial charge in [-0.25, -0.2) is 8.42 Å². The van der Waals surface area contributed by atoms with Crippen molar-refractivity contribution in [3.63, 3.8) is 0 Å². The summed E-state index contributed by atoms with van der Waals surface area (Å²) in [7, 11) is -3.89. The molecule has 0 heterocycles. The molecule has 0 bridgehead atoms. The topological polar surface area (TPSA) is 96.0 Å². The highest BCUT2D eigenvalue weighted by molar-refractivity contribution is 7.92. The summed E-state index contributed by atoms with van der Waals surface area (Å²) in [4.78, 5) is 28.5. The summed E-state index contributed by atoms with van der Waals surface area (Å²) >= 11 is 12.8. The van der Waals surface area contributed by atoms with E-state index in [2.05, 4.69) is 5.32 Å². The Morgan fingerprint density at radius 2 is 1.46 bits per heavy atom. The van der Waals surface area contributed by atoms with Gasteiger partial charge in [0.15, 0.2) is 0 Å². The number of nitrogens with one attached hydrogen (secondary N) is 1. The van der Waals surface area contributed by atoms with Crippen molar-refractivity contribution in [3.8, 4) is 11.5 Å². The predicted molar refractivity (Wildman–Crippen MR) is 164 cm³/mol. The van der Waals surface area contributed by atoms with Crippen molar-refractivity contribution in [2.24, 2.45) is 0 Å². The van der Waals surface area contributed by atoms with Crippen LogP contribution in [0.5, 0.6) is 11.5 Å². The van der Waals surface area contributed by atoms with E-state index in [4.69, 9.17) is 27.9 Å². The van der Waals surface area contributed by atoms with Crippen molar-refractivity contribution in [3.05, 3.63) is 88.4 Å². The molecule has 0 aliphatic rings. The average Bonchev–Trinajstić information content (AvgIpc) is 2.93. The third-order valence-electron chi connectivity index (χ3n) is 6.56. The van der Waals surface area contributed by atoms with E-state index in [0.29, 0.717) is 39.9 Å². The van der Waals surface area contributed by atoms with Crippen LogP contribution in [-0.2, 0) is 26.2 Å². The lowest BCUT2D eigenvalue weighted by Crippen LogP contribution is -2.53. The Hall–Kier alpha value is -3.27. The number of rotatable bonds is 13. The summed E-state index contributed by atoms with van der Waals surface area (Å²) in [6.45, 7) is 4.99. The summed E-state index contributed by atoms with van der Waals surface area (Å²) in [6, 6.07) is 19.5. The molecule has 0 radical (unpaired) electrons. The molecule has 1 N–H and O–H groups in total. The Kier molecular flexibility index (Phi) is 11.5. The van der Waals surface area contributed by atoms with Crippen LogP contribution in [0, 0.1) is 0 Å². The van der Waals surface area contributed by atoms with Gasteiger partial charge >= 0.3 is 0 Å². The largest absolute Gasteiger partial charge is 0.457 e. The molecule has 3 aromatic carbocycles. The number of hydrogen-bond donors (Lipinski definition) is 1. The fourth-order valence-electron chi connectivity index (χ4n) is 4.13. The molecule has 3 rings (SSSR count). The summed E-state index contributed by atoms with van der Waals surface area (Å²) in [6.07, 6.45) is 2.02. The predicted octanol–water partition coefficient (Wildman–Crippen LogP) is 6.27. The van der Waals surface area contributed by atoms with Crippen LogP contribution >= 0.6 is 23.2 Å². The average molecular weight is 621 g/mol. The van der Waals surface area contributed by atoms with Crippen LogP contribution in [0.25, 0.3) is 0 Å². The number of carbonyl (C=O) groups is 2. The van der Waals surface area contributed by atoms with Crippen molar-refractivity contribution in [1.29, 1.82) is 0 Å². The van der Waals surface area contributed by atoms with E-state index in [0.717, 1.165) is 10.6 Å². The smallest absolute Gasteiger partial charge is 0.244 e. The number of amides is 2. The molecule has 0 saturated carbocycles. The standard InChI is InChI=1S/C30H35Cl2N3O5S/c1-5-21(3)33-30(37)28(6-2)34(19-25-26(31)13-10-14-27(25)32)29(36)20-35(41(4,38)39)22-15-17-24(18-16-22)40-23-11-8-7-9-12-23/h7-18,21,28H,5-6,19-20H2,1-4H3,(H,33,37)/t21-,28-/m0/s1. The van der Waals surface area contributed by atoms with E-state index in [1.165, 1.54) is 4.90 Å². The molecule has 0 saturated heterocycles. The first-order valence-corrected chi connectivity index (χ1v) is 15.9. The van der Waals surface area contributed by atoms with Crippen LogP contribution < -0.4 is 14.4 Å². The quantitative estimate of drug-likeness (QED) is 0.243. The minimum absolute atomic E-state index is 0.0781. The monoisotopic (exact) mass is 619 g/mol. The van der Waals surface area contributed by atoms with Crippen LogP contribution in [0.3, 0.4) is 0 Å². The summed E-state index contributed by atoms with van der Waals surface area (Å²) in [5.74, 6) is 0.210. The Labute approximate surface area is 252 Å². The van der Waals surface area contributed by atoms with Crippen molar-refractivity contribution in [2.45, 2.75) is 52.2 Å². The van der Waals surface area contributed by atoms with Crippen molar-refractivity contribution < 1.29 is 22.7 Å². The number of ether oxygens (including phenoxy) is 1. The highest BCUT2D eigenvalue weighted by Crippen LogP contribution is 2.29. The lowest BCUT2D eigenvalue weighted by Gasteiger charge is -2.33. The molecular weight excluding hydrogens is 585 g/mol. The van der Waals surface area contributed by atoms with Gasteiger partial charge < -0.3 is 15.0 Å². The van der Waals surface area contributed by atoms with Crippen LogP contribution in [0.1, 0.15) is 39.2 Å². The lowest BCUT2D eigenvalue weighted by molar-refractivity contribution is -0.140. The molecule has 0 spiro atoms. The Morgan fingerprint density at radius 1 is 0.878 bits per heavy atom. The van der Waals surface area contributed by atoms with Crippen LogP contribution in [0.4, 0.5) is 5.69 Å². The van der Waals surface area contributed by atoms with Gasteiger partial charge in [-0.1, -0.05) is 61.3 Å². The maximum Gasteiger partial charge on any atom is 0.244 e. The number of hydrogen-bond acceptors (Lipinski definition) is 5. The molecule has 41 heavy (non-hydrogen) atoms. The highest BCUT2D eigenvalue weighted by Gasteiger charge is 2.33. The first kappa shape index (κ1) is 32.2. The summed E-state index contributed by atoms with van der Waals surface area (Å²) in [5.41, 5.74) is 0.737. The fraction of sp³-hybridized carbons (Fsp3) is 0.333. The van der Waals surface area contributed by atoms with Gasteiger partial charge in [0, 0.05) is 28.2 Å². The molecule has 0 aromatic heterocycles. The van der Waals surface area contributed by atoms with E-state index >= 15 is 0 Å². The molecule has 11 heteroatoms. The maximum atomic E-state index is 13.9. The zero-order valence-electron chi connectivity index (χ0n) is 23.5. The number of carbonyl (C=O) groups excluding carboxylic acids is 2. The molecule has 2 atom stereocenters. The molecular formula is C30H35Cl2N3O5S. The van der Waals surface area contributed by atoms with Crippen molar-refractivity contribution in [2.75, 3.05) is 17.1 Å². The Morgan fingerprint density at radius 3 is 2.00 bits per heavy atom. The zero-order chi connectivity index (χ0) is 30.2. The highest BCUT2D eigenvalue weighted by atomic mass is 35.5.